The molecule has 1 aromatic rings. The van der Waals surface area contributed by atoms with E-state index >= 15 is 0 Å². The molecule has 1 heterocycles. The maximum absolute atomic E-state index is 11.4. The van der Waals surface area contributed by atoms with Crippen molar-refractivity contribution in [3.63, 3.8) is 0 Å². The summed E-state index contributed by atoms with van der Waals surface area (Å²) in [5.74, 6) is -0.0125. The van der Waals surface area contributed by atoms with Gasteiger partial charge in [-0.1, -0.05) is 29.8 Å². The van der Waals surface area contributed by atoms with Crippen molar-refractivity contribution in [3.8, 4) is 0 Å². The average Bonchev–Trinajstić information content (AvgIpc) is 2.76. The standard InChI is InChI=1S/C14H19NO2/c1-11-4-3-5-12(8-11)9-15-7-6-13(10-15)14(16)17-2/h3-5,8,13H,6-7,9-10H2,1-2H3. The molecule has 0 aliphatic carbocycles. The highest BCUT2D eigenvalue weighted by atomic mass is 16.5. The quantitative estimate of drug-likeness (QED) is 0.748. The molecule has 1 fully saturated rings. The maximum Gasteiger partial charge on any atom is 0.310 e. The van der Waals surface area contributed by atoms with Crippen LogP contribution in [0.2, 0.25) is 0 Å². The molecule has 0 N–H and O–H groups in total. The van der Waals surface area contributed by atoms with Gasteiger partial charge < -0.3 is 4.74 Å². The van der Waals surface area contributed by atoms with E-state index < -0.39 is 0 Å². The Morgan fingerprint density at radius 2 is 2.35 bits per heavy atom. The molecule has 1 saturated heterocycles. The Morgan fingerprint density at radius 1 is 1.53 bits per heavy atom. The molecule has 3 heteroatoms. The first-order valence-electron chi connectivity index (χ1n) is 6.05. The van der Waals surface area contributed by atoms with Crippen molar-refractivity contribution in [1.29, 1.82) is 0 Å². The Kier molecular flexibility index (Phi) is 3.79. The van der Waals surface area contributed by atoms with Crippen LogP contribution >= 0.6 is 0 Å². The highest BCUT2D eigenvalue weighted by molar-refractivity contribution is 5.72. The lowest BCUT2D eigenvalue weighted by atomic mass is 10.1. The Hall–Kier alpha value is -1.35. The molecule has 2 rings (SSSR count). The third-order valence-corrected chi connectivity index (χ3v) is 3.30. The third kappa shape index (κ3) is 3.07. The maximum atomic E-state index is 11.4. The fourth-order valence-corrected chi connectivity index (χ4v) is 2.40. The van der Waals surface area contributed by atoms with Crippen LogP contribution in [-0.4, -0.2) is 31.1 Å². The summed E-state index contributed by atoms with van der Waals surface area (Å²) in [5, 5.41) is 0. The molecule has 3 nitrogen and oxygen atoms in total. The molecule has 1 unspecified atom stereocenters. The van der Waals surface area contributed by atoms with Crippen molar-refractivity contribution in [3.05, 3.63) is 35.4 Å². The van der Waals surface area contributed by atoms with Gasteiger partial charge in [-0.05, 0) is 25.5 Å². The largest absolute Gasteiger partial charge is 0.469 e. The van der Waals surface area contributed by atoms with Crippen LogP contribution in [0.25, 0.3) is 0 Å². The molecule has 1 aromatic carbocycles. The number of carbonyl (C=O) groups excluding carboxylic acids is 1. The van der Waals surface area contributed by atoms with Gasteiger partial charge in [0.2, 0.25) is 0 Å². The van der Waals surface area contributed by atoms with E-state index in [1.165, 1.54) is 18.2 Å². The number of rotatable bonds is 3. The molecule has 17 heavy (non-hydrogen) atoms. The molecule has 1 atom stereocenters. The smallest absolute Gasteiger partial charge is 0.310 e. The molecule has 0 radical (unpaired) electrons. The van der Waals surface area contributed by atoms with Gasteiger partial charge in [0.05, 0.1) is 13.0 Å². The minimum absolute atomic E-state index is 0.0600. The molecule has 92 valence electrons. The van der Waals surface area contributed by atoms with Crippen molar-refractivity contribution >= 4 is 5.97 Å². The van der Waals surface area contributed by atoms with E-state index in [1.807, 2.05) is 0 Å². The van der Waals surface area contributed by atoms with E-state index in [0.717, 1.165) is 26.1 Å². The highest BCUT2D eigenvalue weighted by Crippen LogP contribution is 2.19. The van der Waals surface area contributed by atoms with Gasteiger partial charge in [0.25, 0.3) is 0 Å². The average molecular weight is 233 g/mol. The zero-order valence-electron chi connectivity index (χ0n) is 10.5. The summed E-state index contributed by atoms with van der Waals surface area (Å²) in [7, 11) is 1.46. The number of ether oxygens (including phenoxy) is 1. The van der Waals surface area contributed by atoms with Gasteiger partial charge in [-0.25, -0.2) is 0 Å². The zero-order valence-corrected chi connectivity index (χ0v) is 10.5. The van der Waals surface area contributed by atoms with Crippen LogP contribution in [0.4, 0.5) is 0 Å². The topological polar surface area (TPSA) is 29.5 Å². The lowest BCUT2D eigenvalue weighted by Crippen LogP contribution is -2.23. The van der Waals surface area contributed by atoms with Crippen LogP contribution in [0.5, 0.6) is 0 Å². The van der Waals surface area contributed by atoms with E-state index in [9.17, 15) is 4.79 Å². The zero-order chi connectivity index (χ0) is 12.3. The molecule has 0 spiro atoms. The number of esters is 1. The van der Waals surface area contributed by atoms with Gasteiger partial charge in [-0.15, -0.1) is 0 Å². The van der Waals surface area contributed by atoms with Gasteiger partial charge in [0.1, 0.15) is 0 Å². The minimum Gasteiger partial charge on any atom is -0.469 e. The molecule has 0 amide bonds. The molecular formula is C14H19NO2. The van der Waals surface area contributed by atoms with Crippen molar-refractivity contribution in [2.75, 3.05) is 20.2 Å². The normalized spacial score (nSPS) is 20.5. The predicted octanol–water partition coefficient (Wildman–Crippen LogP) is 1.99. The van der Waals surface area contributed by atoms with Crippen LogP contribution < -0.4 is 0 Å². The van der Waals surface area contributed by atoms with Crippen molar-refractivity contribution in [1.82, 2.24) is 4.90 Å². The summed E-state index contributed by atoms with van der Waals surface area (Å²) in [6.07, 6.45) is 0.915. The SMILES string of the molecule is COC(=O)C1CCN(Cc2cccc(C)c2)C1. The summed E-state index contributed by atoms with van der Waals surface area (Å²) >= 11 is 0. The summed E-state index contributed by atoms with van der Waals surface area (Å²) < 4.78 is 4.79. The van der Waals surface area contributed by atoms with E-state index in [1.54, 1.807) is 0 Å². The van der Waals surface area contributed by atoms with Gasteiger partial charge in [0, 0.05) is 13.1 Å². The monoisotopic (exact) mass is 233 g/mol. The molecule has 1 aliphatic rings. The predicted molar refractivity (Wildman–Crippen MR) is 66.6 cm³/mol. The first kappa shape index (κ1) is 12.1. The molecule has 1 aliphatic heterocycles. The number of hydrogen-bond donors (Lipinski definition) is 0. The van der Waals surface area contributed by atoms with E-state index in [-0.39, 0.29) is 11.9 Å². The van der Waals surface area contributed by atoms with Crippen molar-refractivity contribution < 1.29 is 9.53 Å². The van der Waals surface area contributed by atoms with Gasteiger partial charge in [0.15, 0.2) is 0 Å². The second-order valence-electron chi connectivity index (χ2n) is 4.73. The highest BCUT2D eigenvalue weighted by Gasteiger charge is 2.28. The third-order valence-electron chi connectivity index (χ3n) is 3.30. The van der Waals surface area contributed by atoms with Gasteiger partial charge >= 0.3 is 5.97 Å². The van der Waals surface area contributed by atoms with Crippen LogP contribution in [-0.2, 0) is 16.1 Å². The fraction of sp³-hybridized carbons (Fsp3) is 0.500. The molecule has 0 saturated carbocycles. The summed E-state index contributed by atoms with van der Waals surface area (Å²) in [6, 6.07) is 8.52. The van der Waals surface area contributed by atoms with Crippen LogP contribution in [0.3, 0.4) is 0 Å². The van der Waals surface area contributed by atoms with Gasteiger partial charge in [-0.3, -0.25) is 9.69 Å². The summed E-state index contributed by atoms with van der Waals surface area (Å²) in [4.78, 5) is 13.7. The van der Waals surface area contributed by atoms with Crippen LogP contribution in [0.1, 0.15) is 17.5 Å². The van der Waals surface area contributed by atoms with Gasteiger partial charge in [-0.2, -0.15) is 0 Å². The Balaban J connectivity index is 1.92. The van der Waals surface area contributed by atoms with E-state index in [0.29, 0.717) is 0 Å². The van der Waals surface area contributed by atoms with E-state index in [2.05, 4.69) is 36.1 Å². The lowest BCUT2D eigenvalue weighted by molar-refractivity contribution is -0.144. The number of aryl methyl sites for hydroxylation is 1. The van der Waals surface area contributed by atoms with Crippen molar-refractivity contribution in [2.24, 2.45) is 5.92 Å². The number of nitrogens with zero attached hydrogens (tertiary/aromatic N) is 1. The first-order chi connectivity index (χ1) is 8.19. The second kappa shape index (κ2) is 5.32. The Labute approximate surface area is 102 Å². The summed E-state index contributed by atoms with van der Waals surface area (Å²) in [5.41, 5.74) is 2.60. The number of carbonyl (C=O) groups is 1. The first-order valence-corrected chi connectivity index (χ1v) is 6.05. The molecular weight excluding hydrogens is 214 g/mol. The van der Waals surface area contributed by atoms with Crippen molar-refractivity contribution in [2.45, 2.75) is 19.9 Å². The number of likely N-dealkylation sites (tertiary alicyclic amines) is 1. The Bertz CT molecular complexity index is 403. The second-order valence-corrected chi connectivity index (χ2v) is 4.73. The number of methoxy groups -OCH3 is 1. The minimum atomic E-state index is -0.0725. The lowest BCUT2D eigenvalue weighted by Gasteiger charge is -2.15. The molecule has 0 bridgehead atoms. The summed E-state index contributed by atoms with van der Waals surface area (Å²) in [6.45, 7) is 4.83. The van der Waals surface area contributed by atoms with Crippen LogP contribution in [0, 0.1) is 12.8 Å². The number of hydrogen-bond acceptors (Lipinski definition) is 3. The van der Waals surface area contributed by atoms with E-state index in [4.69, 9.17) is 4.74 Å². The number of benzene rings is 1. The molecule has 0 aromatic heterocycles. The van der Waals surface area contributed by atoms with Crippen LogP contribution in [0.15, 0.2) is 24.3 Å². The fourth-order valence-electron chi connectivity index (χ4n) is 2.40. The Morgan fingerprint density at radius 3 is 3.06 bits per heavy atom.